The minimum Gasteiger partial charge on any atom is -0.337 e. The van der Waals surface area contributed by atoms with Crippen LogP contribution in [0.2, 0.25) is 0 Å². The average Bonchev–Trinajstić information content (AvgIpc) is 3.70. The van der Waals surface area contributed by atoms with Crippen molar-refractivity contribution in [3.63, 3.8) is 0 Å². The van der Waals surface area contributed by atoms with Crippen LogP contribution in [-0.4, -0.2) is 22.7 Å². The van der Waals surface area contributed by atoms with Gasteiger partial charge in [-0.25, -0.2) is 0 Å². The minimum atomic E-state index is -0.236. The van der Waals surface area contributed by atoms with Gasteiger partial charge in [-0.2, -0.15) is 11.8 Å². The highest BCUT2D eigenvalue weighted by Gasteiger charge is 2.64. The van der Waals surface area contributed by atoms with Crippen LogP contribution in [0.4, 0.5) is 45.5 Å². The zero-order valence-corrected chi connectivity index (χ0v) is 46.0. The van der Waals surface area contributed by atoms with Crippen molar-refractivity contribution in [2.75, 3.05) is 14.7 Å². The molecule has 3 heterocycles. The lowest BCUT2D eigenvalue weighted by atomic mass is 9.28. The number of benzene rings is 7. The summed E-state index contributed by atoms with van der Waals surface area (Å²) in [6, 6.07) is 60.8. The molecule has 2 aliphatic carbocycles. The Hall–Kier alpha value is -6.17. The molecule has 5 heteroatoms. The van der Waals surface area contributed by atoms with E-state index in [4.69, 9.17) is 0 Å². The summed E-state index contributed by atoms with van der Waals surface area (Å²) in [5.41, 5.74) is 22.2. The summed E-state index contributed by atoms with van der Waals surface area (Å²) in [5, 5.41) is 0.317. The summed E-state index contributed by atoms with van der Waals surface area (Å²) >= 11 is 2.24. The highest BCUT2D eigenvalue weighted by atomic mass is 32.2. The molecular formula is C68H72BN3S. The second-order valence-electron chi connectivity index (χ2n) is 25.5. The third-order valence-electron chi connectivity index (χ3n) is 17.5. The number of para-hydroxylation sites is 1. The molecule has 4 atom stereocenters. The smallest absolute Gasteiger partial charge is 0.236 e. The van der Waals surface area contributed by atoms with E-state index in [0.717, 1.165) is 23.5 Å². The summed E-state index contributed by atoms with van der Waals surface area (Å²) < 4.78 is -0.236. The number of thioether (sulfide) groups is 1. The molecule has 0 bridgehead atoms. The maximum Gasteiger partial charge on any atom is 0.236 e. The summed E-state index contributed by atoms with van der Waals surface area (Å²) in [6.45, 7) is 29.1. The van der Waals surface area contributed by atoms with Gasteiger partial charge in [-0.15, -0.1) is 0 Å². The molecule has 5 aliphatic rings. The van der Waals surface area contributed by atoms with Gasteiger partial charge in [-0.05, 0) is 152 Å². The van der Waals surface area contributed by atoms with E-state index in [1.54, 1.807) is 0 Å². The molecule has 0 spiro atoms. The van der Waals surface area contributed by atoms with Crippen molar-refractivity contribution in [1.29, 1.82) is 0 Å². The topological polar surface area (TPSA) is 9.72 Å². The Morgan fingerprint density at radius 3 is 1.78 bits per heavy atom. The zero-order chi connectivity index (χ0) is 51.0. The quantitative estimate of drug-likeness (QED) is 0.154. The summed E-state index contributed by atoms with van der Waals surface area (Å²) in [4.78, 5) is 8.01. The van der Waals surface area contributed by atoms with Gasteiger partial charge in [-0.1, -0.05) is 191 Å². The maximum atomic E-state index is 2.83. The second-order valence-corrected chi connectivity index (χ2v) is 27.2. The van der Waals surface area contributed by atoms with Crippen molar-refractivity contribution in [2.24, 2.45) is 11.3 Å². The molecule has 3 nitrogen and oxygen atoms in total. The lowest BCUT2D eigenvalue weighted by Crippen LogP contribution is -2.71. The Balaban J connectivity index is 1.22. The fourth-order valence-electron chi connectivity index (χ4n) is 13.3. The molecule has 1 saturated heterocycles. The maximum absolute atomic E-state index is 2.83. The van der Waals surface area contributed by atoms with Crippen LogP contribution in [-0.2, 0) is 16.2 Å². The first-order valence-corrected chi connectivity index (χ1v) is 27.8. The van der Waals surface area contributed by atoms with Crippen LogP contribution in [0.25, 0.3) is 11.1 Å². The van der Waals surface area contributed by atoms with Gasteiger partial charge in [0.05, 0.1) is 11.7 Å². The number of allylic oxidation sites excluding steroid dienone is 2. The van der Waals surface area contributed by atoms with Gasteiger partial charge in [0, 0.05) is 55.6 Å². The first kappa shape index (κ1) is 47.8. The molecule has 0 amide bonds. The van der Waals surface area contributed by atoms with E-state index in [1.807, 2.05) is 0 Å². The second kappa shape index (κ2) is 16.9. The van der Waals surface area contributed by atoms with Crippen LogP contribution in [0, 0.1) is 18.3 Å². The van der Waals surface area contributed by atoms with Crippen molar-refractivity contribution in [3.8, 4) is 11.1 Å². The Labute approximate surface area is 441 Å². The number of fused-ring (bicyclic) bond motifs is 7. The first-order chi connectivity index (χ1) is 34.7. The van der Waals surface area contributed by atoms with Crippen LogP contribution in [0.15, 0.2) is 182 Å². The van der Waals surface area contributed by atoms with Gasteiger partial charge in [-0.3, -0.25) is 0 Å². The Morgan fingerprint density at radius 1 is 0.575 bits per heavy atom. The van der Waals surface area contributed by atoms with Gasteiger partial charge in [0.25, 0.3) is 0 Å². The molecule has 0 N–H and O–H groups in total. The summed E-state index contributed by atoms with van der Waals surface area (Å²) in [5.74, 6) is 0.269. The largest absolute Gasteiger partial charge is 0.337 e. The number of rotatable bonds is 6. The Kier molecular flexibility index (Phi) is 11.1. The molecule has 12 rings (SSSR count). The van der Waals surface area contributed by atoms with Gasteiger partial charge in [0.15, 0.2) is 0 Å². The lowest BCUT2D eigenvalue weighted by molar-refractivity contribution is 0.332. The number of aryl methyl sites for hydroxylation is 1. The molecule has 1 fully saturated rings. The van der Waals surface area contributed by atoms with Gasteiger partial charge >= 0.3 is 0 Å². The van der Waals surface area contributed by atoms with Crippen molar-refractivity contribution in [2.45, 2.75) is 128 Å². The van der Waals surface area contributed by atoms with E-state index >= 15 is 0 Å². The minimum absolute atomic E-state index is 0.0162. The van der Waals surface area contributed by atoms with Gasteiger partial charge < -0.3 is 14.7 Å². The van der Waals surface area contributed by atoms with Crippen LogP contribution in [0.1, 0.15) is 111 Å². The molecule has 4 unspecified atom stereocenters. The third-order valence-corrected chi connectivity index (χ3v) is 19.3. The fourth-order valence-corrected chi connectivity index (χ4v) is 15.2. The molecule has 73 heavy (non-hydrogen) atoms. The zero-order valence-electron chi connectivity index (χ0n) is 45.2. The lowest BCUT2D eigenvalue weighted by Gasteiger charge is -2.55. The molecule has 368 valence electrons. The van der Waals surface area contributed by atoms with E-state index in [1.165, 1.54) is 84.7 Å². The predicted octanol–water partition coefficient (Wildman–Crippen LogP) is 17.3. The molecule has 0 radical (unpaired) electrons. The van der Waals surface area contributed by atoms with Crippen LogP contribution in [0.3, 0.4) is 0 Å². The van der Waals surface area contributed by atoms with E-state index in [9.17, 15) is 0 Å². The first-order valence-electron chi connectivity index (χ1n) is 26.9. The summed E-state index contributed by atoms with van der Waals surface area (Å²) in [7, 11) is 0. The third kappa shape index (κ3) is 7.85. The number of anilines is 8. The molecule has 7 aromatic rings. The fraction of sp³-hybridized carbons (Fsp3) is 0.324. The SMILES string of the molecule is Cc1ccc(N(c2ccccc2)c2cc3c4c(c2)N(c2ccc(-c5ccccc5)cc2)C2C5C=C(C(C)(C)C)C=CC5SC2(C)B4c2cc4c(cc2N3c2ccc(C(C)(C)C)cc2)C(C)(C)CCC4(C)C)cc1. The van der Waals surface area contributed by atoms with Crippen molar-refractivity contribution in [1.82, 2.24) is 0 Å². The standard InChI is InChI=1S/C68H72BN3S/c1-44-23-30-50(31-24-44)70(49-21-17-14-18-22-49)53-40-59-62-60(41-53)72(52-32-25-46(26-33-52)45-19-15-13-16-20-45)63-54-39-48(65(5,6)7)29-36-61(54)73-68(63,12)69(62)57-42-55-56(67(10,11)38-37-66(55,8)9)43-58(57)71(59)51-34-27-47(28-35-51)64(2,3)4/h13-36,39-43,54,61,63H,37-38H2,1-12H3. The van der Waals surface area contributed by atoms with E-state index < -0.39 is 0 Å². The molecule has 0 saturated carbocycles. The van der Waals surface area contributed by atoms with E-state index in [0.29, 0.717) is 5.25 Å². The van der Waals surface area contributed by atoms with Crippen LogP contribution in [0.5, 0.6) is 0 Å². The number of hydrogen-bond acceptors (Lipinski definition) is 4. The summed E-state index contributed by atoms with van der Waals surface area (Å²) in [6.07, 6.45) is 10.1. The molecular weight excluding hydrogens is 902 g/mol. The van der Waals surface area contributed by atoms with Crippen LogP contribution < -0.4 is 25.6 Å². The highest BCUT2D eigenvalue weighted by Crippen LogP contribution is 2.61. The van der Waals surface area contributed by atoms with E-state index in [-0.39, 0.29) is 45.0 Å². The van der Waals surface area contributed by atoms with Crippen molar-refractivity contribution < 1.29 is 0 Å². The van der Waals surface area contributed by atoms with Gasteiger partial charge in [0.1, 0.15) is 0 Å². The monoisotopic (exact) mass is 974 g/mol. The Bertz CT molecular complexity index is 3320. The average molecular weight is 974 g/mol. The normalized spacial score (nSPS) is 22.2. The van der Waals surface area contributed by atoms with Crippen molar-refractivity contribution in [3.05, 3.63) is 204 Å². The van der Waals surface area contributed by atoms with Gasteiger partial charge in [0.2, 0.25) is 6.71 Å². The molecule has 7 aromatic carbocycles. The van der Waals surface area contributed by atoms with E-state index in [2.05, 4.69) is 286 Å². The highest BCUT2D eigenvalue weighted by molar-refractivity contribution is 8.03. The van der Waals surface area contributed by atoms with Crippen LogP contribution >= 0.6 is 11.8 Å². The Morgan fingerprint density at radius 2 is 1.15 bits per heavy atom. The van der Waals surface area contributed by atoms with Crippen molar-refractivity contribution >= 4 is 74.9 Å². The molecule has 3 aliphatic heterocycles. The number of hydrogen-bond donors (Lipinski definition) is 0. The molecule has 0 aromatic heterocycles. The number of nitrogens with zero attached hydrogens (tertiary/aromatic N) is 3. The predicted molar refractivity (Wildman–Crippen MR) is 317 cm³/mol.